The van der Waals surface area contributed by atoms with Crippen LogP contribution in [0.25, 0.3) is 0 Å². The number of thioether (sulfide) groups is 2. The minimum absolute atomic E-state index is 0.296. The summed E-state index contributed by atoms with van der Waals surface area (Å²) in [5, 5.41) is 10.4. The lowest BCUT2D eigenvalue weighted by molar-refractivity contribution is -0.137. The van der Waals surface area contributed by atoms with Gasteiger partial charge in [-0.1, -0.05) is 19.1 Å². The molecule has 0 aromatic carbocycles. The van der Waals surface area contributed by atoms with Gasteiger partial charge in [0.2, 0.25) is 0 Å². The molecule has 20 heavy (non-hydrogen) atoms. The van der Waals surface area contributed by atoms with Crippen molar-refractivity contribution >= 4 is 29.5 Å². The maximum Gasteiger partial charge on any atom is 0.303 e. The van der Waals surface area contributed by atoms with E-state index in [1.54, 1.807) is 0 Å². The lowest BCUT2D eigenvalue weighted by Gasteiger charge is -2.28. The summed E-state index contributed by atoms with van der Waals surface area (Å²) in [6, 6.07) is 0. The first-order valence-electron chi connectivity index (χ1n) is 7.82. The van der Waals surface area contributed by atoms with Crippen LogP contribution in [0, 0.1) is 11.8 Å². The van der Waals surface area contributed by atoms with Crippen LogP contribution in [0.5, 0.6) is 0 Å². The Bertz CT molecular complexity index is 343. The van der Waals surface area contributed by atoms with E-state index in [0.717, 1.165) is 35.2 Å². The Hall–Kier alpha value is -0.0900. The van der Waals surface area contributed by atoms with Gasteiger partial charge in [-0.05, 0) is 55.4 Å². The van der Waals surface area contributed by atoms with Crippen molar-refractivity contribution in [2.75, 3.05) is 11.5 Å². The fourth-order valence-electron chi connectivity index (χ4n) is 3.42. The fourth-order valence-corrected chi connectivity index (χ4v) is 6.54. The molecule has 2 saturated heterocycles. The minimum atomic E-state index is -0.681. The number of hydrogen-bond acceptors (Lipinski definition) is 3. The maximum atomic E-state index is 10.4. The van der Waals surface area contributed by atoms with Crippen LogP contribution >= 0.6 is 23.5 Å². The van der Waals surface area contributed by atoms with Gasteiger partial charge in [-0.2, -0.15) is 23.5 Å². The summed E-state index contributed by atoms with van der Waals surface area (Å²) in [4.78, 5) is 10.4. The van der Waals surface area contributed by atoms with Crippen LogP contribution in [-0.4, -0.2) is 33.1 Å². The van der Waals surface area contributed by atoms with Gasteiger partial charge in [0.25, 0.3) is 0 Å². The second-order valence-electron chi connectivity index (χ2n) is 5.77. The van der Waals surface area contributed by atoms with Gasteiger partial charge in [0.05, 0.1) is 0 Å². The van der Waals surface area contributed by atoms with Gasteiger partial charge in [-0.25, -0.2) is 0 Å². The van der Waals surface area contributed by atoms with E-state index in [9.17, 15) is 4.79 Å². The second kappa shape index (κ2) is 8.38. The smallest absolute Gasteiger partial charge is 0.303 e. The number of unbranched alkanes of at least 4 members (excludes halogenated alkanes) is 1. The number of carboxylic acids is 1. The molecule has 4 atom stereocenters. The van der Waals surface area contributed by atoms with Crippen molar-refractivity contribution in [1.29, 1.82) is 0 Å². The Kier molecular flexibility index (Phi) is 6.82. The van der Waals surface area contributed by atoms with E-state index in [4.69, 9.17) is 5.11 Å². The van der Waals surface area contributed by atoms with E-state index < -0.39 is 5.97 Å². The van der Waals surface area contributed by atoms with Crippen LogP contribution in [0.2, 0.25) is 0 Å². The first-order valence-corrected chi connectivity index (χ1v) is 9.92. The maximum absolute atomic E-state index is 10.4. The van der Waals surface area contributed by atoms with E-state index in [1.807, 2.05) is 0 Å². The molecule has 0 unspecified atom stereocenters. The third-order valence-electron chi connectivity index (χ3n) is 4.44. The van der Waals surface area contributed by atoms with Crippen molar-refractivity contribution in [3.05, 3.63) is 12.2 Å². The third kappa shape index (κ3) is 4.45. The molecule has 2 aliphatic heterocycles. The van der Waals surface area contributed by atoms with Crippen molar-refractivity contribution < 1.29 is 9.90 Å². The Balaban J connectivity index is 1.72. The molecule has 2 heterocycles. The summed E-state index contributed by atoms with van der Waals surface area (Å²) < 4.78 is 0. The minimum Gasteiger partial charge on any atom is -0.481 e. The predicted molar refractivity (Wildman–Crippen MR) is 89.6 cm³/mol. The van der Waals surface area contributed by atoms with E-state index in [-0.39, 0.29) is 0 Å². The van der Waals surface area contributed by atoms with Gasteiger partial charge >= 0.3 is 5.97 Å². The molecule has 0 aromatic heterocycles. The van der Waals surface area contributed by atoms with Crippen LogP contribution in [0.1, 0.15) is 45.4 Å². The summed E-state index contributed by atoms with van der Waals surface area (Å²) >= 11 is 4.34. The van der Waals surface area contributed by atoms with Crippen molar-refractivity contribution in [2.45, 2.75) is 55.9 Å². The average Bonchev–Trinajstić information content (AvgIpc) is 3.01. The lowest BCUT2D eigenvalue weighted by atomic mass is 9.78. The summed E-state index contributed by atoms with van der Waals surface area (Å²) in [6.07, 6.45) is 10.5. The molecule has 114 valence electrons. The van der Waals surface area contributed by atoms with E-state index >= 15 is 0 Å². The lowest BCUT2D eigenvalue weighted by Crippen LogP contribution is -2.28. The Morgan fingerprint density at radius 3 is 2.75 bits per heavy atom. The predicted octanol–water partition coefficient (Wildman–Crippen LogP) is 4.45. The van der Waals surface area contributed by atoms with Crippen LogP contribution in [0.3, 0.4) is 0 Å². The molecule has 0 aromatic rings. The molecule has 0 saturated carbocycles. The molecule has 0 amide bonds. The first-order chi connectivity index (χ1) is 9.72. The Labute approximate surface area is 131 Å². The third-order valence-corrected chi connectivity index (χ3v) is 7.34. The summed E-state index contributed by atoms with van der Waals surface area (Å²) in [6.45, 7) is 2.25. The number of carboxylic acid groups (broad SMARTS) is 1. The summed E-state index contributed by atoms with van der Waals surface area (Å²) in [5.74, 6) is 3.67. The van der Waals surface area contributed by atoms with E-state index in [1.165, 1.54) is 30.8 Å². The number of carbonyl (C=O) groups is 1. The standard InChI is InChI=1S/C16H26O2S2/c1-2-19-11-13-12(14-9-10-15(13)20-14)7-5-3-4-6-8-16(17)18/h3,5,12-15H,2,4,6-11H2,1H3,(H,17,18)/t12-,13+,14-,15+/m1/s1. The molecule has 2 fully saturated rings. The topological polar surface area (TPSA) is 37.3 Å². The zero-order valence-corrected chi connectivity index (χ0v) is 13.9. The molecule has 0 radical (unpaired) electrons. The largest absolute Gasteiger partial charge is 0.481 e. The highest BCUT2D eigenvalue weighted by Gasteiger charge is 2.47. The van der Waals surface area contributed by atoms with E-state index in [0.29, 0.717) is 6.42 Å². The van der Waals surface area contributed by atoms with Crippen molar-refractivity contribution in [1.82, 2.24) is 0 Å². The van der Waals surface area contributed by atoms with Gasteiger partial charge < -0.3 is 5.11 Å². The number of hydrogen-bond donors (Lipinski definition) is 1. The quantitative estimate of drug-likeness (QED) is 0.504. The molecular weight excluding hydrogens is 288 g/mol. The molecule has 0 spiro atoms. The second-order valence-corrected chi connectivity index (χ2v) is 8.57. The van der Waals surface area contributed by atoms with Gasteiger partial charge in [0.1, 0.15) is 0 Å². The SMILES string of the molecule is CCSC[C@H]1[C@@H](CC=CCCCC(=O)O)[C@H]2CC[C@@H]1S2. The van der Waals surface area contributed by atoms with Crippen LogP contribution in [-0.2, 0) is 4.79 Å². The summed E-state index contributed by atoms with van der Waals surface area (Å²) in [5.41, 5.74) is 0. The average molecular weight is 315 g/mol. The summed E-state index contributed by atoms with van der Waals surface area (Å²) in [7, 11) is 0. The zero-order valence-electron chi connectivity index (χ0n) is 12.3. The number of fused-ring (bicyclic) bond motifs is 2. The van der Waals surface area contributed by atoms with Crippen molar-refractivity contribution in [3.63, 3.8) is 0 Å². The Morgan fingerprint density at radius 2 is 2.05 bits per heavy atom. The van der Waals surface area contributed by atoms with Gasteiger partial charge in [0.15, 0.2) is 0 Å². The molecule has 4 heteroatoms. The van der Waals surface area contributed by atoms with Gasteiger partial charge in [0, 0.05) is 16.9 Å². The highest BCUT2D eigenvalue weighted by molar-refractivity contribution is 8.01. The molecular formula is C16H26O2S2. The molecule has 2 bridgehead atoms. The molecule has 0 aliphatic carbocycles. The molecule has 1 N–H and O–H groups in total. The number of rotatable bonds is 9. The Morgan fingerprint density at radius 1 is 1.30 bits per heavy atom. The van der Waals surface area contributed by atoms with Crippen LogP contribution < -0.4 is 0 Å². The highest BCUT2D eigenvalue weighted by atomic mass is 32.2. The zero-order chi connectivity index (χ0) is 14.4. The van der Waals surface area contributed by atoms with Crippen LogP contribution in [0.15, 0.2) is 12.2 Å². The monoisotopic (exact) mass is 314 g/mol. The number of aliphatic carboxylic acids is 1. The molecule has 2 rings (SSSR count). The van der Waals surface area contributed by atoms with Crippen molar-refractivity contribution in [2.24, 2.45) is 11.8 Å². The van der Waals surface area contributed by atoms with Gasteiger partial charge in [-0.15, -0.1) is 0 Å². The normalized spacial score (nSPS) is 32.2. The van der Waals surface area contributed by atoms with Crippen molar-refractivity contribution in [3.8, 4) is 0 Å². The number of allylic oxidation sites excluding steroid dienone is 2. The van der Waals surface area contributed by atoms with Gasteiger partial charge in [-0.3, -0.25) is 4.79 Å². The molecule has 2 nitrogen and oxygen atoms in total. The van der Waals surface area contributed by atoms with Crippen LogP contribution in [0.4, 0.5) is 0 Å². The molecule has 2 aliphatic rings. The first kappa shape index (κ1) is 16.3. The fraction of sp³-hybridized carbons (Fsp3) is 0.812. The van der Waals surface area contributed by atoms with E-state index in [2.05, 4.69) is 42.6 Å². The highest BCUT2D eigenvalue weighted by Crippen LogP contribution is 2.54.